The average Bonchev–Trinajstić information content (AvgIpc) is 3.35. The summed E-state index contributed by atoms with van der Waals surface area (Å²) in [4.78, 5) is 9.24. The van der Waals surface area contributed by atoms with E-state index < -0.39 is 0 Å². The van der Waals surface area contributed by atoms with E-state index in [4.69, 9.17) is 14.5 Å². The third-order valence-electron chi connectivity index (χ3n) is 8.18. The Balaban J connectivity index is 1.33. The Morgan fingerprint density at radius 3 is 2.31 bits per heavy atom. The summed E-state index contributed by atoms with van der Waals surface area (Å²) >= 11 is 0. The summed E-state index contributed by atoms with van der Waals surface area (Å²) in [6.07, 6.45) is 3.63. The van der Waals surface area contributed by atoms with Crippen molar-refractivity contribution in [2.24, 2.45) is 0 Å². The Hall–Kier alpha value is -5.42. The third kappa shape index (κ3) is 3.78. The van der Waals surface area contributed by atoms with Gasteiger partial charge in [-0.05, 0) is 66.7 Å². The molecule has 0 radical (unpaired) electrons. The average molecular weight is 546 g/mol. The molecule has 1 aliphatic heterocycles. The molecule has 0 N–H and O–H groups in total. The summed E-state index contributed by atoms with van der Waals surface area (Å²) in [6.45, 7) is 4.56. The lowest BCUT2D eigenvalue weighted by molar-refractivity contribution is 0.420. The number of ether oxygens (including phenoxy) is 2. The molecule has 0 saturated heterocycles. The van der Waals surface area contributed by atoms with E-state index >= 15 is 0 Å². The lowest BCUT2D eigenvalue weighted by Crippen LogP contribution is -2.24. The number of para-hydroxylation sites is 1. The van der Waals surface area contributed by atoms with Crippen LogP contribution in [0.15, 0.2) is 128 Å². The molecule has 0 fully saturated rings. The monoisotopic (exact) mass is 545 g/mol. The van der Waals surface area contributed by atoms with Crippen LogP contribution in [0.5, 0.6) is 23.0 Å². The van der Waals surface area contributed by atoms with Crippen molar-refractivity contribution in [2.45, 2.75) is 19.3 Å². The largest absolute Gasteiger partial charge is 0.457 e. The minimum atomic E-state index is -0.270. The van der Waals surface area contributed by atoms with Gasteiger partial charge in [0.15, 0.2) is 0 Å². The summed E-state index contributed by atoms with van der Waals surface area (Å²) in [5, 5.41) is 2.29. The number of fused-ring (bicyclic) bond motifs is 6. The zero-order valence-corrected chi connectivity index (χ0v) is 23.3. The fourth-order valence-electron chi connectivity index (χ4n) is 6.28. The van der Waals surface area contributed by atoms with E-state index in [1.165, 1.54) is 11.1 Å². The summed E-state index contributed by atoms with van der Waals surface area (Å²) in [7, 11) is 0. The zero-order chi connectivity index (χ0) is 28.3. The first-order chi connectivity index (χ1) is 20.6. The molecular weight excluding hydrogens is 518 g/mol. The van der Waals surface area contributed by atoms with Gasteiger partial charge in [-0.25, -0.2) is 4.98 Å². The van der Waals surface area contributed by atoms with Crippen molar-refractivity contribution >= 4 is 21.8 Å². The van der Waals surface area contributed by atoms with Crippen molar-refractivity contribution in [1.29, 1.82) is 0 Å². The maximum absolute atomic E-state index is 6.48. The second kappa shape index (κ2) is 9.32. The molecule has 1 aliphatic rings. The smallest absolute Gasteiger partial charge is 0.137 e. The fourth-order valence-corrected chi connectivity index (χ4v) is 6.28. The van der Waals surface area contributed by atoms with Crippen molar-refractivity contribution < 1.29 is 9.47 Å². The maximum atomic E-state index is 6.48. The van der Waals surface area contributed by atoms with E-state index in [0.717, 1.165) is 61.9 Å². The predicted molar refractivity (Wildman–Crippen MR) is 167 cm³/mol. The van der Waals surface area contributed by atoms with Gasteiger partial charge in [0.25, 0.3) is 0 Å². The molecule has 7 aromatic rings. The van der Waals surface area contributed by atoms with Gasteiger partial charge in [-0.3, -0.25) is 9.55 Å². The lowest BCUT2D eigenvalue weighted by atomic mass is 9.74. The van der Waals surface area contributed by atoms with Crippen LogP contribution >= 0.6 is 0 Å². The number of nitrogens with zero attached hydrogens (tertiary/aromatic N) is 3. The molecule has 3 aromatic heterocycles. The van der Waals surface area contributed by atoms with E-state index in [9.17, 15) is 0 Å². The van der Waals surface area contributed by atoms with E-state index in [1.807, 2.05) is 85.1 Å². The zero-order valence-electron chi connectivity index (χ0n) is 23.3. The van der Waals surface area contributed by atoms with E-state index in [2.05, 4.69) is 59.8 Å². The van der Waals surface area contributed by atoms with Crippen molar-refractivity contribution in [1.82, 2.24) is 14.5 Å². The van der Waals surface area contributed by atoms with Crippen molar-refractivity contribution in [3.8, 4) is 40.1 Å². The Kier molecular flexibility index (Phi) is 5.41. The number of pyridine rings is 2. The molecule has 0 unspecified atom stereocenters. The summed E-state index contributed by atoms with van der Waals surface area (Å²) < 4.78 is 15.2. The number of hydrogen-bond donors (Lipinski definition) is 0. The van der Waals surface area contributed by atoms with Gasteiger partial charge >= 0.3 is 0 Å². The topological polar surface area (TPSA) is 49.2 Å². The normalized spacial score (nSPS) is 13.4. The standard InChI is InChI=1S/C37H27N3O2/c1-37(2)28-12-3-4-14-32(28)42-33-19-18-30-35(36(33)37)27-17-16-26(23-31(27)40(30)34-15-6-8-21-39-34)41-25-11-9-10-24(22-25)29-13-5-7-20-38-29/h3-23H,1-2H3. The van der Waals surface area contributed by atoms with Crippen LogP contribution in [0.1, 0.15) is 25.0 Å². The van der Waals surface area contributed by atoms with Gasteiger partial charge in [-0.2, -0.15) is 0 Å². The van der Waals surface area contributed by atoms with Gasteiger partial charge in [-0.1, -0.05) is 56.3 Å². The minimum Gasteiger partial charge on any atom is -0.457 e. The Morgan fingerprint density at radius 2 is 1.48 bits per heavy atom. The first kappa shape index (κ1) is 24.4. The number of rotatable bonds is 4. The molecule has 4 heterocycles. The fraction of sp³-hybridized carbons (Fsp3) is 0.0811. The van der Waals surface area contributed by atoms with Gasteiger partial charge in [-0.15, -0.1) is 0 Å². The van der Waals surface area contributed by atoms with E-state index in [0.29, 0.717) is 0 Å². The van der Waals surface area contributed by atoms with Crippen LogP contribution in [0.4, 0.5) is 0 Å². The van der Waals surface area contributed by atoms with Gasteiger partial charge < -0.3 is 9.47 Å². The van der Waals surface area contributed by atoms with Gasteiger partial charge in [0.1, 0.15) is 28.8 Å². The van der Waals surface area contributed by atoms with Gasteiger partial charge in [0, 0.05) is 51.3 Å². The molecule has 0 saturated carbocycles. The SMILES string of the molecule is CC1(C)c2ccccc2Oc2ccc3c(c21)c1ccc(Oc2cccc(-c4ccccn4)c2)cc1n3-c1ccccn1. The summed E-state index contributed by atoms with van der Waals surface area (Å²) in [5.74, 6) is 4.14. The minimum absolute atomic E-state index is 0.270. The third-order valence-corrected chi connectivity index (χ3v) is 8.18. The molecule has 0 spiro atoms. The highest BCUT2D eigenvalue weighted by Crippen LogP contribution is 2.52. The molecule has 42 heavy (non-hydrogen) atoms. The van der Waals surface area contributed by atoms with Crippen LogP contribution in [0.3, 0.4) is 0 Å². The lowest BCUT2D eigenvalue weighted by Gasteiger charge is -2.35. The highest BCUT2D eigenvalue weighted by Gasteiger charge is 2.37. The summed E-state index contributed by atoms with van der Waals surface area (Å²) in [5.41, 5.74) is 6.09. The Bertz CT molecular complexity index is 2120. The van der Waals surface area contributed by atoms with Crippen molar-refractivity contribution in [3.63, 3.8) is 0 Å². The molecule has 202 valence electrons. The first-order valence-electron chi connectivity index (χ1n) is 14.1. The molecule has 0 aliphatic carbocycles. The molecule has 8 rings (SSSR count). The Morgan fingerprint density at radius 1 is 0.667 bits per heavy atom. The maximum Gasteiger partial charge on any atom is 0.137 e. The van der Waals surface area contributed by atoms with Crippen LogP contribution in [0.2, 0.25) is 0 Å². The van der Waals surface area contributed by atoms with Crippen LogP contribution in [0.25, 0.3) is 38.9 Å². The number of hydrogen-bond acceptors (Lipinski definition) is 4. The first-order valence-corrected chi connectivity index (χ1v) is 14.1. The Labute approximate surface area is 243 Å². The highest BCUT2D eigenvalue weighted by molar-refractivity contribution is 6.12. The van der Waals surface area contributed by atoms with Crippen LogP contribution in [-0.4, -0.2) is 14.5 Å². The number of aromatic nitrogens is 3. The van der Waals surface area contributed by atoms with Gasteiger partial charge in [0.2, 0.25) is 0 Å². The highest BCUT2D eigenvalue weighted by atomic mass is 16.5. The van der Waals surface area contributed by atoms with Crippen LogP contribution in [0, 0.1) is 0 Å². The summed E-state index contributed by atoms with van der Waals surface area (Å²) in [6, 6.07) is 38.8. The molecular formula is C37H27N3O2. The molecule has 0 bridgehead atoms. The van der Waals surface area contributed by atoms with Crippen molar-refractivity contribution in [2.75, 3.05) is 0 Å². The molecule has 5 nitrogen and oxygen atoms in total. The van der Waals surface area contributed by atoms with Crippen LogP contribution < -0.4 is 9.47 Å². The molecule has 4 aromatic carbocycles. The van der Waals surface area contributed by atoms with Crippen LogP contribution in [-0.2, 0) is 5.41 Å². The molecule has 0 atom stereocenters. The van der Waals surface area contributed by atoms with Crippen molar-refractivity contribution in [3.05, 3.63) is 139 Å². The second-order valence-electron chi connectivity index (χ2n) is 11.1. The van der Waals surface area contributed by atoms with Gasteiger partial charge in [0.05, 0.1) is 16.7 Å². The quantitative estimate of drug-likeness (QED) is 0.221. The van der Waals surface area contributed by atoms with E-state index in [-0.39, 0.29) is 5.41 Å². The number of benzene rings is 4. The second-order valence-corrected chi connectivity index (χ2v) is 11.1. The molecule has 5 heteroatoms. The van der Waals surface area contributed by atoms with E-state index in [1.54, 1.807) is 6.20 Å². The predicted octanol–water partition coefficient (Wildman–Crippen LogP) is 9.46. The molecule has 0 amide bonds.